The first-order chi connectivity index (χ1) is 8.79. The number of anilines is 2. The summed E-state index contributed by atoms with van der Waals surface area (Å²) in [5.41, 5.74) is 4.04. The van der Waals surface area contributed by atoms with Gasteiger partial charge in [-0.3, -0.25) is 0 Å². The van der Waals surface area contributed by atoms with Crippen LogP contribution in [-0.2, 0) is 0 Å². The Bertz CT molecular complexity index is 582. The Balaban J connectivity index is 2.15. The van der Waals surface area contributed by atoms with Gasteiger partial charge in [-0.25, -0.2) is 0 Å². The summed E-state index contributed by atoms with van der Waals surface area (Å²) in [6, 6.07) is 15.4. The molecule has 0 bridgehead atoms. The molecule has 0 unspecified atom stereocenters. The van der Waals surface area contributed by atoms with E-state index in [1.807, 2.05) is 11.8 Å². The molecule has 1 aliphatic rings. The van der Waals surface area contributed by atoms with Crippen LogP contribution in [0.4, 0.5) is 11.4 Å². The minimum absolute atomic E-state index is 1.08. The van der Waals surface area contributed by atoms with E-state index in [1.54, 1.807) is 0 Å². The van der Waals surface area contributed by atoms with Crippen molar-refractivity contribution in [3.8, 4) is 0 Å². The Morgan fingerprint density at radius 1 is 1.06 bits per heavy atom. The van der Waals surface area contributed by atoms with E-state index < -0.39 is 0 Å². The third kappa shape index (κ3) is 1.93. The van der Waals surface area contributed by atoms with Crippen LogP contribution >= 0.6 is 11.8 Å². The zero-order valence-corrected chi connectivity index (χ0v) is 11.6. The van der Waals surface area contributed by atoms with Crippen LogP contribution in [0.3, 0.4) is 0 Å². The van der Waals surface area contributed by atoms with E-state index in [4.69, 9.17) is 0 Å². The van der Waals surface area contributed by atoms with Crippen LogP contribution in [-0.4, -0.2) is 14.4 Å². The van der Waals surface area contributed by atoms with Gasteiger partial charge < -0.3 is 4.90 Å². The number of benzene rings is 2. The zero-order chi connectivity index (χ0) is 12.5. The molecule has 18 heavy (non-hydrogen) atoms. The van der Waals surface area contributed by atoms with Gasteiger partial charge in [-0.05, 0) is 30.7 Å². The smallest absolute Gasteiger partial charge is 0.139 e. The molecule has 0 spiro atoms. The summed E-state index contributed by atoms with van der Waals surface area (Å²) in [7, 11) is 2.16. The van der Waals surface area contributed by atoms with Crippen LogP contribution in [0.25, 0.3) is 0 Å². The molecule has 90 valence electrons. The molecule has 0 N–H and O–H groups in total. The highest BCUT2D eigenvalue weighted by Gasteiger charge is 2.22. The Hall–Kier alpha value is -1.35. The monoisotopic (exact) mass is 253 g/mol. The van der Waals surface area contributed by atoms with Gasteiger partial charge in [-0.1, -0.05) is 42.3 Å². The number of hydrogen-bond donors (Lipinski definition) is 0. The number of fused-ring (bicyclic) bond motifs is 2. The summed E-state index contributed by atoms with van der Waals surface area (Å²) >= 11 is 1.88. The predicted molar refractivity (Wildman–Crippen MR) is 82.5 cm³/mol. The van der Waals surface area contributed by atoms with Gasteiger partial charge in [-0.15, -0.1) is 0 Å². The van der Waals surface area contributed by atoms with E-state index in [1.165, 1.54) is 26.6 Å². The fraction of sp³-hybridized carbons (Fsp3) is 0.200. The lowest BCUT2D eigenvalue weighted by Crippen LogP contribution is -2.23. The van der Waals surface area contributed by atoms with Crippen LogP contribution < -0.4 is 10.4 Å². The average Bonchev–Trinajstić information content (AvgIpc) is 2.39. The fourth-order valence-electron chi connectivity index (χ4n) is 2.40. The van der Waals surface area contributed by atoms with Gasteiger partial charge in [-0.2, -0.15) is 0 Å². The normalized spacial score (nSPS) is 13.1. The van der Waals surface area contributed by atoms with Crippen molar-refractivity contribution in [3.63, 3.8) is 0 Å². The van der Waals surface area contributed by atoms with Gasteiger partial charge >= 0.3 is 0 Å². The zero-order valence-electron chi connectivity index (χ0n) is 10.8. The number of rotatable bonds is 2. The molecule has 1 heterocycles. The number of nitrogens with zero attached hydrogens (tertiary/aromatic N) is 1. The van der Waals surface area contributed by atoms with E-state index >= 15 is 0 Å². The Kier molecular flexibility index (Phi) is 3.08. The summed E-state index contributed by atoms with van der Waals surface area (Å²) in [6.45, 7) is 3.31. The highest BCUT2D eigenvalue weighted by Crippen LogP contribution is 2.47. The standard InChI is InChI=1S/C15H16BNS/c1-2-9-17-12-5-3-4-6-14(12)18-15-8-7-11(16)10-13(15)17/h3-8,10H,2,9,16H2,1H3. The van der Waals surface area contributed by atoms with Crippen LogP contribution in [0.2, 0.25) is 0 Å². The summed E-state index contributed by atoms with van der Waals surface area (Å²) in [5, 5.41) is 0. The van der Waals surface area contributed by atoms with E-state index in [-0.39, 0.29) is 0 Å². The third-order valence-electron chi connectivity index (χ3n) is 3.23. The topological polar surface area (TPSA) is 3.24 Å². The highest BCUT2D eigenvalue weighted by molar-refractivity contribution is 7.99. The molecule has 0 amide bonds. The first-order valence-corrected chi connectivity index (χ1v) is 7.26. The first-order valence-electron chi connectivity index (χ1n) is 6.44. The van der Waals surface area contributed by atoms with Gasteiger partial charge in [0.15, 0.2) is 0 Å². The molecular weight excluding hydrogens is 237 g/mol. The predicted octanol–water partition coefficient (Wildman–Crippen LogP) is 2.96. The van der Waals surface area contributed by atoms with Crippen LogP contribution in [0.5, 0.6) is 0 Å². The fourth-order valence-corrected chi connectivity index (χ4v) is 3.48. The average molecular weight is 253 g/mol. The Morgan fingerprint density at radius 3 is 2.67 bits per heavy atom. The maximum Gasteiger partial charge on any atom is 0.139 e. The number of para-hydroxylation sites is 1. The lowest BCUT2D eigenvalue weighted by Gasteiger charge is -2.32. The van der Waals surface area contributed by atoms with Gasteiger partial charge in [0.2, 0.25) is 0 Å². The lowest BCUT2D eigenvalue weighted by atomic mass is 9.95. The van der Waals surface area contributed by atoms with Gasteiger partial charge in [0.05, 0.1) is 11.4 Å². The van der Waals surface area contributed by atoms with Crippen molar-refractivity contribution >= 4 is 36.4 Å². The molecule has 0 fully saturated rings. The maximum atomic E-state index is 2.45. The van der Waals surface area contributed by atoms with Crippen molar-refractivity contribution in [2.24, 2.45) is 0 Å². The van der Waals surface area contributed by atoms with E-state index in [9.17, 15) is 0 Å². The molecule has 0 saturated heterocycles. The van der Waals surface area contributed by atoms with Crippen molar-refractivity contribution in [1.29, 1.82) is 0 Å². The van der Waals surface area contributed by atoms with Crippen LogP contribution in [0, 0.1) is 0 Å². The first kappa shape index (κ1) is 11.7. The Morgan fingerprint density at radius 2 is 1.83 bits per heavy atom. The molecule has 1 aliphatic heterocycles. The van der Waals surface area contributed by atoms with Crippen molar-refractivity contribution < 1.29 is 0 Å². The summed E-state index contributed by atoms with van der Waals surface area (Å²) in [4.78, 5) is 5.18. The molecule has 2 aromatic rings. The lowest BCUT2D eigenvalue weighted by molar-refractivity contribution is 0.867. The van der Waals surface area contributed by atoms with E-state index in [0.717, 1.165) is 13.0 Å². The molecule has 3 rings (SSSR count). The quantitative estimate of drug-likeness (QED) is 0.757. The molecule has 0 atom stereocenters. The maximum absolute atomic E-state index is 2.45. The minimum atomic E-state index is 1.08. The summed E-state index contributed by atoms with van der Waals surface area (Å²) in [6.07, 6.45) is 1.16. The highest BCUT2D eigenvalue weighted by atomic mass is 32.2. The van der Waals surface area contributed by atoms with Gasteiger partial charge in [0, 0.05) is 16.3 Å². The second-order valence-electron chi connectivity index (χ2n) is 4.69. The molecule has 0 aliphatic carbocycles. The van der Waals surface area contributed by atoms with Gasteiger partial charge in [0.1, 0.15) is 7.85 Å². The Labute approximate surface area is 114 Å². The molecule has 2 aromatic carbocycles. The molecule has 1 nitrogen and oxygen atoms in total. The number of hydrogen-bond acceptors (Lipinski definition) is 2. The van der Waals surface area contributed by atoms with Crippen molar-refractivity contribution in [3.05, 3.63) is 42.5 Å². The second-order valence-corrected chi connectivity index (χ2v) is 5.78. The molecule has 0 radical (unpaired) electrons. The largest absolute Gasteiger partial charge is 0.340 e. The molecule has 0 saturated carbocycles. The molecule has 0 aromatic heterocycles. The SMILES string of the molecule is Bc1ccc2c(c1)N(CCC)c1ccccc1S2. The van der Waals surface area contributed by atoms with E-state index in [2.05, 4.69) is 62.1 Å². The second kappa shape index (κ2) is 4.73. The third-order valence-corrected chi connectivity index (χ3v) is 4.36. The van der Waals surface area contributed by atoms with E-state index in [0.29, 0.717) is 0 Å². The van der Waals surface area contributed by atoms with Crippen molar-refractivity contribution in [2.45, 2.75) is 23.1 Å². The van der Waals surface area contributed by atoms with Crippen molar-refractivity contribution in [1.82, 2.24) is 0 Å². The summed E-state index contributed by atoms with van der Waals surface area (Å²) in [5.74, 6) is 0. The van der Waals surface area contributed by atoms with Gasteiger partial charge in [0.25, 0.3) is 0 Å². The minimum Gasteiger partial charge on any atom is -0.340 e. The molecular formula is C15H16BNS. The molecule has 3 heteroatoms. The summed E-state index contributed by atoms with van der Waals surface area (Å²) < 4.78 is 0. The van der Waals surface area contributed by atoms with Crippen LogP contribution in [0.1, 0.15) is 13.3 Å². The van der Waals surface area contributed by atoms with Crippen LogP contribution in [0.15, 0.2) is 52.3 Å². The van der Waals surface area contributed by atoms with Crippen molar-refractivity contribution in [2.75, 3.05) is 11.4 Å².